The van der Waals surface area contributed by atoms with E-state index in [2.05, 4.69) is 0 Å². The average Bonchev–Trinajstić information content (AvgIpc) is 1.54. The maximum Gasteiger partial charge on any atom is 1.00 e. The summed E-state index contributed by atoms with van der Waals surface area (Å²) in [5.41, 5.74) is 0. The monoisotopic (exact) mass is 328 g/mol. The molecule has 7 heteroatoms. The van der Waals surface area contributed by atoms with Gasteiger partial charge in [-0.25, -0.2) is 0 Å². The van der Waals surface area contributed by atoms with Crippen LogP contribution in [0.3, 0.4) is 0 Å². The molecule has 0 aliphatic rings. The van der Waals surface area contributed by atoms with Crippen LogP contribution in [0.5, 0.6) is 0 Å². The third kappa shape index (κ3) is 356. The molecule has 0 heterocycles. The second-order valence-electron chi connectivity index (χ2n) is 3.28. The van der Waals surface area contributed by atoms with Gasteiger partial charge in [-0.3, -0.25) is 0 Å². The number of rotatable bonds is 0. The molecular weight excluding hydrogens is 305 g/mol. The van der Waals surface area contributed by atoms with Gasteiger partial charge in [0.1, 0.15) is 0 Å². The smallest absolute Gasteiger partial charge is 1.00 e. The second-order valence-corrected chi connectivity index (χ2v) is 3.28. The van der Waals surface area contributed by atoms with Crippen LogP contribution in [-0.4, -0.2) is 33.6 Å². The van der Waals surface area contributed by atoms with Crippen LogP contribution in [0.15, 0.2) is 0 Å². The van der Waals surface area contributed by atoms with Gasteiger partial charge in [-0.15, -0.1) is 0 Å². The fourth-order valence-corrected chi connectivity index (χ4v) is 0. The molecule has 94 valence electrons. The minimum Gasteiger partial charge on any atom is -1.00 e. The van der Waals surface area contributed by atoms with E-state index in [1.165, 1.54) is 0 Å². The molecule has 0 aliphatic heterocycles. The number of halogens is 2. The van der Waals surface area contributed by atoms with Crippen molar-refractivity contribution in [3.05, 3.63) is 0 Å². The molecule has 0 unspecified atom stereocenters. The third-order valence-corrected chi connectivity index (χ3v) is 0. The van der Waals surface area contributed by atoms with Crippen LogP contribution in [0, 0.1) is 0 Å². The van der Waals surface area contributed by atoms with Crippen molar-refractivity contribution >= 4 is 0 Å². The van der Waals surface area contributed by atoms with Crippen LogP contribution in [0.2, 0.25) is 0 Å². The van der Waals surface area contributed by atoms with E-state index in [0.717, 1.165) is 0 Å². The summed E-state index contributed by atoms with van der Waals surface area (Å²) in [7, 11) is 0. The molecule has 0 aromatic heterocycles. The quantitative estimate of drug-likeness (QED) is 0.387. The Bertz CT molecular complexity index is 55.2. The van der Waals surface area contributed by atoms with Gasteiger partial charge in [0.25, 0.3) is 0 Å². The van der Waals surface area contributed by atoms with Gasteiger partial charge in [0.05, 0.1) is 0 Å². The zero-order valence-corrected chi connectivity index (χ0v) is 19.6. The zero-order valence-electron chi connectivity index (χ0n) is 11.8. The van der Waals surface area contributed by atoms with Gasteiger partial charge in [0, 0.05) is 18.3 Å². The van der Waals surface area contributed by atoms with Gasteiger partial charge in [-0.2, -0.15) is 0 Å². The first kappa shape index (κ1) is 42.7. The number of hydrogen-bond donors (Lipinski definition) is 3. The van der Waals surface area contributed by atoms with Gasteiger partial charge in [0.2, 0.25) is 0 Å². The predicted octanol–water partition coefficient (Wildman–Crippen LogP) is -10.8. The molecule has 3 N–H and O–H groups in total. The topological polar surface area (TPSA) is 60.7 Å². The molecule has 0 aliphatic carbocycles. The molecule has 0 aromatic carbocycles. The number of hydrogen-bond acceptors (Lipinski definition) is 3. The van der Waals surface area contributed by atoms with Crippen LogP contribution in [0.25, 0.3) is 0 Å². The maximum absolute atomic E-state index is 8.06. The first-order valence-electron chi connectivity index (χ1n) is 4.24. The van der Waals surface area contributed by atoms with E-state index in [9.17, 15) is 0 Å². The van der Waals surface area contributed by atoms with Crippen molar-refractivity contribution in [2.24, 2.45) is 0 Å². The minimum absolute atomic E-state index is 0. The fourth-order valence-electron chi connectivity index (χ4n) is 0. The molecule has 0 atom stereocenters. The first-order chi connectivity index (χ1) is 5.20. The van der Waals surface area contributed by atoms with E-state index < -0.39 is 0 Å². The third-order valence-electron chi connectivity index (χ3n) is 0. The Hall–Kier alpha value is 3.73. The van der Waals surface area contributed by atoms with E-state index in [4.69, 9.17) is 15.3 Å². The Labute approximate surface area is 198 Å². The van der Waals surface area contributed by atoms with Crippen molar-refractivity contribution in [3.63, 3.8) is 0 Å². The molecule has 3 nitrogen and oxygen atoms in total. The van der Waals surface area contributed by atoms with Crippen LogP contribution < -0.4 is 128 Å². The molecule has 0 saturated carbocycles. The van der Waals surface area contributed by atoms with Crippen molar-refractivity contribution in [1.29, 1.82) is 0 Å². The Morgan fingerprint density at radius 2 is 0.500 bits per heavy atom. The summed E-state index contributed by atoms with van der Waals surface area (Å²) >= 11 is 0. The van der Waals surface area contributed by atoms with Crippen molar-refractivity contribution < 1.29 is 143 Å². The molecule has 0 amide bonds. The molecule has 0 saturated heterocycles. The standard InChI is InChI=1S/3C3H8O.2ClH.2K/c3*1-3(2)4;;;;/h3*3-4H,1-2H3;2*1H;;/q;;;;;2*+1/p-2. The molecule has 16 heavy (non-hydrogen) atoms. The summed E-state index contributed by atoms with van der Waals surface area (Å²) in [4.78, 5) is 0. The minimum atomic E-state index is -0.167. The predicted molar refractivity (Wildman–Crippen MR) is 52.1 cm³/mol. The Balaban J connectivity index is -0.0000000135. The number of aliphatic hydroxyl groups is 3. The first-order valence-corrected chi connectivity index (χ1v) is 4.24. The summed E-state index contributed by atoms with van der Waals surface area (Å²) in [5.74, 6) is 0. The van der Waals surface area contributed by atoms with E-state index in [-0.39, 0.29) is 146 Å². The summed E-state index contributed by atoms with van der Waals surface area (Å²) in [6, 6.07) is 0. The van der Waals surface area contributed by atoms with Crippen molar-refractivity contribution in [2.75, 3.05) is 0 Å². The van der Waals surface area contributed by atoms with Gasteiger partial charge >= 0.3 is 103 Å². The summed E-state index contributed by atoms with van der Waals surface area (Å²) in [6.07, 6.45) is -0.500. The van der Waals surface area contributed by atoms with E-state index in [1.54, 1.807) is 41.5 Å². The summed E-state index contributed by atoms with van der Waals surface area (Å²) in [5, 5.41) is 24.2. The van der Waals surface area contributed by atoms with Gasteiger partial charge in [0.15, 0.2) is 0 Å². The van der Waals surface area contributed by atoms with Crippen molar-refractivity contribution in [2.45, 2.75) is 59.9 Å². The van der Waals surface area contributed by atoms with Gasteiger partial charge in [-0.05, 0) is 41.5 Å². The fraction of sp³-hybridized carbons (Fsp3) is 1.00. The molecule has 0 bridgehead atoms. The Morgan fingerprint density at radius 1 is 0.500 bits per heavy atom. The largest absolute Gasteiger partial charge is 1.00 e. The molecule has 0 rings (SSSR count). The Kier molecular flexibility index (Phi) is 97.0. The van der Waals surface area contributed by atoms with Gasteiger partial charge in [-0.1, -0.05) is 0 Å². The second kappa shape index (κ2) is 36.3. The van der Waals surface area contributed by atoms with E-state index in [1.807, 2.05) is 0 Å². The van der Waals surface area contributed by atoms with E-state index in [0.29, 0.717) is 0 Å². The van der Waals surface area contributed by atoms with Gasteiger partial charge < -0.3 is 40.1 Å². The van der Waals surface area contributed by atoms with Crippen molar-refractivity contribution in [3.8, 4) is 0 Å². The van der Waals surface area contributed by atoms with Crippen LogP contribution in [0.4, 0.5) is 0 Å². The molecule has 0 spiro atoms. The van der Waals surface area contributed by atoms with Crippen LogP contribution in [0.1, 0.15) is 41.5 Å². The molecular formula is C9H24Cl2K2O3. The summed E-state index contributed by atoms with van der Waals surface area (Å²) < 4.78 is 0. The normalized spacial score (nSPS) is 6.75. The van der Waals surface area contributed by atoms with Crippen LogP contribution >= 0.6 is 0 Å². The zero-order chi connectivity index (χ0) is 10.7. The maximum atomic E-state index is 8.06. The SMILES string of the molecule is CC(C)O.CC(C)O.CC(C)O.[Cl-].[Cl-].[K+].[K+]. The molecule has 0 radical (unpaired) electrons. The van der Waals surface area contributed by atoms with Crippen molar-refractivity contribution in [1.82, 2.24) is 0 Å². The average molecular weight is 329 g/mol. The molecule has 0 fully saturated rings. The number of aliphatic hydroxyl groups excluding tert-OH is 3. The molecule has 0 aromatic rings. The summed E-state index contributed by atoms with van der Waals surface area (Å²) in [6.45, 7) is 10.3. The Morgan fingerprint density at radius 3 is 0.500 bits per heavy atom. The van der Waals surface area contributed by atoms with E-state index >= 15 is 0 Å². The van der Waals surface area contributed by atoms with Crippen LogP contribution in [-0.2, 0) is 0 Å².